The predicted molar refractivity (Wildman–Crippen MR) is 74.1 cm³/mol. The van der Waals surface area contributed by atoms with Gasteiger partial charge < -0.3 is 5.32 Å². The van der Waals surface area contributed by atoms with E-state index in [2.05, 4.69) is 30.4 Å². The molecule has 2 aromatic rings. The number of rotatable bonds is 3. The van der Waals surface area contributed by atoms with Crippen molar-refractivity contribution >= 4 is 0 Å². The lowest BCUT2D eigenvalue weighted by molar-refractivity contribution is 0.627. The van der Waals surface area contributed by atoms with Gasteiger partial charge in [-0.25, -0.2) is 4.39 Å². The van der Waals surface area contributed by atoms with E-state index in [9.17, 15) is 4.39 Å². The molecule has 94 valence electrons. The third kappa shape index (κ3) is 2.77. The smallest absolute Gasteiger partial charge is 0.124 e. The van der Waals surface area contributed by atoms with Gasteiger partial charge in [-0.15, -0.1) is 0 Å². The monoisotopic (exact) mass is 243 g/mol. The summed E-state index contributed by atoms with van der Waals surface area (Å²) in [6.07, 6.45) is 0. The molecule has 0 aromatic heterocycles. The first-order valence-electron chi connectivity index (χ1n) is 6.12. The van der Waals surface area contributed by atoms with Crippen molar-refractivity contribution in [1.29, 1.82) is 0 Å². The van der Waals surface area contributed by atoms with E-state index in [0.717, 1.165) is 23.2 Å². The number of nitrogens with one attached hydrogen (secondary N) is 1. The lowest BCUT2D eigenvalue weighted by atomic mass is 9.96. The van der Waals surface area contributed by atoms with Crippen LogP contribution in [0, 0.1) is 19.7 Å². The molecule has 0 fully saturated rings. The van der Waals surface area contributed by atoms with Crippen LogP contribution in [0.3, 0.4) is 0 Å². The summed E-state index contributed by atoms with van der Waals surface area (Å²) in [5, 5.41) is 3.15. The molecular weight excluding hydrogens is 225 g/mol. The topological polar surface area (TPSA) is 12.0 Å². The van der Waals surface area contributed by atoms with Crippen molar-refractivity contribution in [2.75, 3.05) is 7.05 Å². The van der Waals surface area contributed by atoms with Gasteiger partial charge in [0.15, 0.2) is 0 Å². The Hall–Kier alpha value is -1.67. The first-order valence-corrected chi connectivity index (χ1v) is 6.12. The molecular formula is C16H18FN. The second kappa shape index (κ2) is 5.32. The van der Waals surface area contributed by atoms with Crippen molar-refractivity contribution in [3.63, 3.8) is 0 Å². The Bertz CT molecular complexity index is 541. The summed E-state index contributed by atoms with van der Waals surface area (Å²) in [5.41, 5.74) is 5.37. The van der Waals surface area contributed by atoms with Gasteiger partial charge in [0.1, 0.15) is 5.82 Å². The normalized spacial score (nSPS) is 10.7. The fourth-order valence-electron chi connectivity index (χ4n) is 2.20. The second-order valence-electron chi connectivity index (χ2n) is 4.71. The molecule has 0 aliphatic rings. The summed E-state index contributed by atoms with van der Waals surface area (Å²) in [4.78, 5) is 0. The first-order chi connectivity index (χ1) is 8.60. The van der Waals surface area contributed by atoms with Crippen LogP contribution in [0.2, 0.25) is 0 Å². The van der Waals surface area contributed by atoms with Crippen molar-refractivity contribution < 1.29 is 4.39 Å². The minimum absolute atomic E-state index is 0.179. The third-order valence-electron chi connectivity index (χ3n) is 2.99. The van der Waals surface area contributed by atoms with Gasteiger partial charge >= 0.3 is 0 Å². The zero-order chi connectivity index (χ0) is 13.1. The highest BCUT2D eigenvalue weighted by atomic mass is 19.1. The number of benzene rings is 2. The quantitative estimate of drug-likeness (QED) is 0.864. The lowest BCUT2D eigenvalue weighted by Gasteiger charge is -2.11. The molecule has 0 aliphatic carbocycles. The summed E-state index contributed by atoms with van der Waals surface area (Å²) in [6.45, 7) is 4.75. The first kappa shape index (κ1) is 12.8. The van der Waals surface area contributed by atoms with Gasteiger partial charge in [-0.2, -0.15) is 0 Å². The van der Waals surface area contributed by atoms with E-state index < -0.39 is 0 Å². The predicted octanol–water partition coefficient (Wildman–Crippen LogP) is 3.83. The molecule has 1 N–H and O–H groups in total. The molecule has 1 nitrogen and oxygen atoms in total. The Morgan fingerprint density at radius 2 is 1.78 bits per heavy atom. The van der Waals surface area contributed by atoms with Crippen LogP contribution in [0.5, 0.6) is 0 Å². The standard InChI is InChI=1S/C16H18FN/c1-11-4-5-13(10-18-3)16(8-11)14-6-12(2)7-15(17)9-14/h4-9,18H,10H2,1-3H3. The van der Waals surface area contributed by atoms with Gasteiger partial charge in [0, 0.05) is 6.54 Å². The highest BCUT2D eigenvalue weighted by Gasteiger charge is 2.07. The highest BCUT2D eigenvalue weighted by Crippen LogP contribution is 2.26. The Morgan fingerprint density at radius 1 is 1.00 bits per heavy atom. The Kier molecular flexibility index (Phi) is 3.78. The molecule has 0 bridgehead atoms. The van der Waals surface area contributed by atoms with Crippen LogP contribution < -0.4 is 5.32 Å². The molecule has 0 amide bonds. The van der Waals surface area contributed by atoms with E-state index in [0.29, 0.717) is 0 Å². The van der Waals surface area contributed by atoms with Crippen LogP contribution in [-0.2, 0) is 6.54 Å². The van der Waals surface area contributed by atoms with E-state index in [4.69, 9.17) is 0 Å². The second-order valence-corrected chi connectivity index (χ2v) is 4.71. The van der Waals surface area contributed by atoms with E-state index in [1.165, 1.54) is 11.1 Å². The summed E-state index contributed by atoms with van der Waals surface area (Å²) in [7, 11) is 1.92. The molecule has 2 heteroatoms. The molecule has 18 heavy (non-hydrogen) atoms. The fourth-order valence-corrected chi connectivity index (χ4v) is 2.20. The molecule has 0 saturated carbocycles. The Morgan fingerprint density at radius 3 is 2.44 bits per heavy atom. The van der Waals surface area contributed by atoms with Crippen LogP contribution in [0.25, 0.3) is 11.1 Å². The number of aryl methyl sites for hydroxylation is 2. The zero-order valence-electron chi connectivity index (χ0n) is 11.0. The number of halogens is 1. The zero-order valence-corrected chi connectivity index (χ0v) is 11.0. The SMILES string of the molecule is CNCc1ccc(C)cc1-c1cc(C)cc(F)c1. The molecule has 0 aliphatic heterocycles. The highest BCUT2D eigenvalue weighted by molar-refractivity contribution is 5.69. The van der Waals surface area contributed by atoms with Crippen molar-refractivity contribution in [3.05, 3.63) is 58.9 Å². The molecule has 0 saturated heterocycles. The largest absolute Gasteiger partial charge is 0.316 e. The van der Waals surface area contributed by atoms with E-state index in [-0.39, 0.29) is 5.82 Å². The molecule has 0 heterocycles. The summed E-state index contributed by atoms with van der Waals surface area (Å²) in [5.74, 6) is -0.179. The summed E-state index contributed by atoms with van der Waals surface area (Å²) < 4.78 is 13.5. The van der Waals surface area contributed by atoms with Crippen LogP contribution in [0.1, 0.15) is 16.7 Å². The van der Waals surface area contributed by atoms with Crippen molar-refractivity contribution in [2.24, 2.45) is 0 Å². The average molecular weight is 243 g/mol. The van der Waals surface area contributed by atoms with Gasteiger partial charge in [0.2, 0.25) is 0 Å². The maximum atomic E-state index is 13.5. The number of hydrogen-bond donors (Lipinski definition) is 1. The third-order valence-corrected chi connectivity index (χ3v) is 2.99. The minimum Gasteiger partial charge on any atom is -0.316 e. The molecule has 0 atom stereocenters. The lowest BCUT2D eigenvalue weighted by Crippen LogP contribution is -2.06. The molecule has 0 unspecified atom stereocenters. The molecule has 0 spiro atoms. The Balaban J connectivity index is 2.57. The molecule has 2 aromatic carbocycles. The number of hydrogen-bond acceptors (Lipinski definition) is 1. The van der Waals surface area contributed by atoms with Crippen LogP contribution in [-0.4, -0.2) is 7.05 Å². The maximum absolute atomic E-state index is 13.5. The van der Waals surface area contributed by atoms with E-state index >= 15 is 0 Å². The average Bonchev–Trinajstić information content (AvgIpc) is 2.30. The van der Waals surface area contributed by atoms with Crippen LogP contribution >= 0.6 is 0 Å². The van der Waals surface area contributed by atoms with Gasteiger partial charge in [0.25, 0.3) is 0 Å². The van der Waals surface area contributed by atoms with Gasteiger partial charge in [-0.1, -0.05) is 29.8 Å². The van der Waals surface area contributed by atoms with Crippen LogP contribution in [0.15, 0.2) is 36.4 Å². The Labute approximate surface area is 108 Å². The summed E-state index contributed by atoms with van der Waals surface area (Å²) in [6, 6.07) is 11.5. The van der Waals surface area contributed by atoms with Gasteiger partial charge in [-0.05, 0) is 55.3 Å². The summed E-state index contributed by atoms with van der Waals surface area (Å²) >= 11 is 0. The van der Waals surface area contributed by atoms with Gasteiger partial charge in [-0.3, -0.25) is 0 Å². The van der Waals surface area contributed by atoms with Crippen LogP contribution in [0.4, 0.5) is 4.39 Å². The molecule has 0 radical (unpaired) electrons. The minimum atomic E-state index is -0.179. The van der Waals surface area contributed by atoms with E-state index in [1.807, 2.05) is 20.0 Å². The van der Waals surface area contributed by atoms with E-state index in [1.54, 1.807) is 12.1 Å². The maximum Gasteiger partial charge on any atom is 0.124 e. The van der Waals surface area contributed by atoms with Crippen molar-refractivity contribution in [2.45, 2.75) is 20.4 Å². The molecule has 2 rings (SSSR count). The fraction of sp³-hybridized carbons (Fsp3) is 0.250. The van der Waals surface area contributed by atoms with Gasteiger partial charge in [0.05, 0.1) is 0 Å². The van der Waals surface area contributed by atoms with Crippen molar-refractivity contribution in [3.8, 4) is 11.1 Å². The van der Waals surface area contributed by atoms with Crippen molar-refractivity contribution in [1.82, 2.24) is 5.32 Å².